The fourth-order valence-electron chi connectivity index (χ4n) is 3.80. The van der Waals surface area contributed by atoms with Crippen molar-refractivity contribution in [2.24, 2.45) is 5.41 Å². The number of hydrogen-bond donors (Lipinski definition) is 0. The third kappa shape index (κ3) is 3.89. The summed E-state index contributed by atoms with van der Waals surface area (Å²) < 4.78 is 5.89. The molecular weight excluding hydrogens is 336 g/mol. The van der Waals surface area contributed by atoms with Crippen LogP contribution in [-0.2, 0) is 22.6 Å². The lowest BCUT2D eigenvalue weighted by atomic mass is 9.87. The fourth-order valence-corrected chi connectivity index (χ4v) is 4.41. The Balaban J connectivity index is 1.45. The third-order valence-electron chi connectivity index (χ3n) is 4.91. The molecule has 2 aliphatic heterocycles. The van der Waals surface area contributed by atoms with Gasteiger partial charge in [0.05, 0.1) is 25.3 Å². The van der Waals surface area contributed by atoms with E-state index < -0.39 is 0 Å². The predicted molar refractivity (Wildman–Crippen MR) is 94.9 cm³/mol. The van der Waals surface area contributed by atoms with Crippen molar-refractivity contribution >= 4 is 17.2 Å². The molecule has 2 aromatic heterocycles. The second kappa shape index (κ2) is 7.19. The average molecular weight is 358 g/mol. The number of nitrogens with zero attached hydrogens (tertiary/aromatic N) is 4. The van der Waals surface area contributed by atoms with Crippen LogP contribution in [0, 0.1) is 5.41 Å². The minimum Gasteiger partial charge on any atom is -0.379 e. The van der Waals surface area contributed by atoms with Crippen LogP contribution in [0.2, 0.25) is 0 Å². The van der Waals surface area contributed by atoms with Crippen LogP contribution < -0.4 is 0 Å². The van der Waals surface area contributed by atoms with Gasteiger partial charge in [0, 0.05) is 61.5 Å². The van der Waals surface area contributed by atoms with Crippen LogP contribution in [0.25, 0.3) is 0 Å². The number of thiazole rings is 1. The van der Waals surface area contributed by atoms with Crippen molar-refractivity contribution in [1.29, 1.82) is 0 Å². The first-order valence-electron chi connectivity index (χ1n) is 8.57. The molecule has 2 aliphatic rings. The van der Waals surface area contributed by atoms with Gasteiger partial charge >= 0.3 is 0 Å². The summed E-state index contributed by atoms with van der Waals surface area (Å²) in [7, 11) is 0. The van der Waals surface area contributed by atoms with E-state index in [0.29, 0.717) is 19.6 Å². The highest BCUT2D eigenvalue weighted by atomic mass is 32.1. The second-order valence-electron chi connectivity index (χ2n) is 7.01. The van der Waals surface area contributed by atoms with Gasteiger partial charge in [-0.1, -0.05) is 0 Å². The molecule has 1 atom stereocenters. The van der Waals surface area contributed by atoms with Crippen molar-refractivity contribution < 1.29 is 9.53 Å². The lowest BCUT2D eigenvalue weighted by Gasteiger charge is -2.31. The summed E-state index contributed by atoms with van der Waals surface area (Å²) in [4.78, 5) is 26.3. The van der Waals surface area contributed by atoms with Crippen LogP contribution in [0.5, 0.6) is 0 Å². The van der Waals surface area contributed by atoms with Gasteiger partial charge in [-0.2, -0.15) is 0 Å². The van der Waals surface area contributed by atoms with Gasteiger partial charge in [-0.3, -0.25) is 19.7 Å². The summed E-state index contributed by atoms with van der Waals surface area (Å²) in [5.74, 6) is 0.225. The van der Waals surface area contributed by atoms with Crippen molar-refractivity contribution in [1.82, 2.24) is 19.8 Å². The largest absolute Gasteiger partial charge is 0.379 e. The SMILES string of the molecule is O=C1CC2(COCCN(Cc3ccncc3)C2)CN1Cc1cncs1. The number of likely N-dealkylation sites (tertiary alicyclic amines) is 1. The second-order valence-corrected chi connectivity index (χ2v) is 7.98. The first-order valence-corrected chi connectivity index (χ1v) is 9.45. The van der Waals surface area contributed by atoms with Gasteiger partial charge in [-0.25, -0.2) is 0 Å². The summed E-state index contributed by atoms with van der Waals surface area (Å²) in [5, 5.41) is 0. The highest BCUT2D eigenvalue weighted by molar-refractivity contribution is 7.09. The maximum absolute atomic E-state index is 12.6. The summed E-state index contributed by atoms with van der Waals surface area (Å²) in [6.07, 6.45) is 6.07. The molecule has 25 heavy (non-hydrogen) atoms. The highest BCUT2D eigenvalue weighted by Gasteiger charge is 2.45. The maximum atomic E-state index is 12.6. The average Bonchev–Trinajstić information content (AvgIpc) is 3.16. The molecule has 2 saturated heterocycles. The van der Waals surface area contributed by atoms with Crippen LogP contribution in [-0.4, -0.2) is 58.5 Å². The number of hydrogen-bond acceptors (Lipinski definition) is 6. The van der Waals surface area contributed by atoms with Gasteiger partial charge in [0.25, 0.3) is 0 Å². The summed E-state index contributed by atoms with van der Waals surface area (Å²) in [6.45, 7) is 5.46. The van der Waals surface area contributed by atoms with E-state index in [-0.39, 0.29) is 11.3 Å². The number of pyridine rings is 1. The topological polar surface area (TPSA) is 58.6 Å². The maximum Gasteiger partial charge on any atom is 0.223 e. The minimum absolute atomic E-state index is 0.106. The predicted octanol–water partition coefficient (Wildman–Crippen LogP) is 1.79. The Kier molecular flexibility index (Phi) is 4.78. The zero-order valence-electron chi connectivity index (χ0n) is 14.1. The van der Waals surface area contributed by atoms with E-state index in [4.69, 9.17) is 4.74 Å². The van der Waals surface area contributed by atoms with E-state index in [9.17, 15) is 4.79 Å². The number of carbonyl (C=O) groups is 1. The highest BCUT2D eigenvalue weighted by Crippen LogP contribution is 2.35. The Bertz CT molecular complexity index is 709. The molecule has 0 saturated carbocycles. The third-order valence-corrected chi connectivity index (χ3v) is 5.67. The Hall–Kier alpha value is -1.83. The van der Waals surface area contributed by atoms with E-state index in [1.807, 2.05) is 41.1 Å². The van der Waals surface area contributed by atoms with Gasteiger partial charge in [-0.05, 0) is 17.7 Å². The molecule has 1 spiro atoms. The molecule has 0 aromatic carbocycles. The fraction of sp³-hybridized carbons (Fsp3) is 0.500. The Morgan fingerprint density at radius 3 is 2.88 bits per heavy atom. The molecule has 4 heterocycles. The molecule has 1 unspecified atom stereocenters. The quantitative estimate of drug-likeness (QED) is 0.834. The van der Waals surface area contributed by atoms with Crippen molar-refractivity contribution in [2.75, 3.05) is 32.8 Å². The molecule has 0 radical (unpaired) electrons. The lowest BCUT2D eigenvalue weighted by Crippen LogP contribution is -2.40. The summed E-state index contributed by atoms with van der Waals surface area (Å²) >= 11 is 1.60. The molecular formula is C18H22N4O2S. The zero-order chi connectivity index (χ0) is 17.1. The number of amides is 1. The molecule has 132 valence electrons. The number of aromatic nitrogens is 2. The summed E-state index contributed by atoms with van der Waals surface area (Å²) in [5.41, 5.74) is 2.96. The molecule has 1 amide bonds. The van der Waals surface area contributed by atoms with E-state index in [0.717, 1.165) is 37.7 Å². The van der Waals surface area contributed by atoms with E-state index in [1.54, 1.807) is 11.3 Å². The van der Waals surface area contributed by atoms with E-state index >= 15 is 0 Å². The molecule has 6 nitrogen and oxygen atoms in total. The standard InChI is InChI=1S/C18H22N4O2S/c23-17-7-18(12-22(17)10-16-8-20-14-25-16)11-21(5-6-24-13-18)9-15-1-3-19-4-2-15/h1-4,8,14H,5-7,9-13H2. The van der Waals surface area contributed by atoms with Gasteiger partial charge in [-0.15, -0.1) is 11.3 Å². The van der Waals surface area contributed by atoms with E-state index in [2.05, 4.69) is 14.9 Å². The minimum atomic E-state index is -0.106. The smallest absolute Gasteiger partial charge is 0.223 e. The molecule has 0 aliphatic carbocycles. The number of carbonyl (C=O) groups excluding carboxylic acids is 1. The molecule has 2 aromatic rings. The number of ether oxygens (including phenoxy) is 1. The number of rotatable bonds is 4. The van der Waals surface area contributed by atoms with Crippen molar-refractivity contribution in [3.05, 3.63) is 46.7 Å². The summed E-state index contributed by atoms with van der Waals surface area (Å²) in [6, 6.07) is 4.10. The molecule has 2 fully saturated rings. The Morgan fingerprint density at radius 1 is 1.20 bits per heavy atom. The Labute approximate surface area is 151 Å². The first kappa shape index (κ1) is 16.6. The molecule has 0 N–H and O–H groups in total. The zero-order valence-corrected chi connectivity index (χ0v) is 15.0. The Morgan fingerprint density at radius 2 is 2.08 bits per heavy atom. The first-order chi connectivity index (χ1) is 12.2. The van der Waals surface area contributed by atoms with Crippen LogP contribution in [0.15, 0.2) is 36.2 Å². The van der Waals surface area contributed by atoms with Crippen molar-refractivity contribution in [3.8, 4) is 0 Å². The molecule has 0 bridgehead atoms. The van der Waals surface area contributed by atoms with Gasteiger partial charge in [0.15, 0.2) is 0 Å². The lowest BCUT2D eigenvalue weighted by molar-refractivity contribution is -0.128. The monoisotopic (exact) mass is 358 g/mol. The molecule has 4 rings (SSSR count). The van der Waals surface area contributed by atoms with Crippen LogP contribution in [0.3, 0.4) is 0 Å². The van der Waals surface area contributed by atoms with Crippen LogP contribution in [0.4, 0.5) is 0 Å². The van der Waals surface area contributed by atoms with Crippen molar-refractivity contribution in [2.45, 2.75) is 19.5 Å². The molecule has 7 heteroatoms. The van der Waals surface area contributed by atoms with Crippen molar-refractivity contribution in [3.63, 3.8) is 0 Å². The van der Waals surface area contributed by atoms with Crippen LogP contribution in [0.1, 0.15) is 16.9 Å². The van der Waals surface area contributed by atoms with Crippen LogP contribution >= 0.6 is 11.3 Å². The van der Waals surface area contributed by atoms with Gasteiger partial charge in [0.2, 0.25) is 5.91 Å². The van der Waals surface area contributed by atoms with Gasteiger partial charge in [0.1, 0.15) is 0 Å². The van der Waals surface area contributed by atoms with E-state index in [1.165, 1.54) is 5.56 Å². The normalized spacial score (nSPS) is 24.8. The van der Waals surface area contributed by atoms with Gasteiger partial charge < -0.3 is 9.64 Å².